The van der Waals surface area contributed by atoms with Crippen molar-refractivity contribution in [1.29, 1.82) is 0 Å². The molecule has 0 unspecified atom stereocenters. The van der Waals surface area contributed by atoms with Crippen molar-refractivity contribution in [2.24, 2.45) is 0 Å². The van der Waals surface area contributed by atoms with E-state index in [9.17, 15) is 19.2 Å². The lowest BCUT2D eigenvalue weighted by Gasteiger charge is -2.42. The maximum Gasteiger partial charge on any atom is 0.260 e. The van der Waals surface area contributed by atoms with Gasteiger partial charge in [0.25, 0.3) is 11.8 Å². The maximum absolute atomic E-state index is 13.8. The zero-order valence-corrected chi connectivity index (χ0v) is 19.7. The molecule has 1 N–H and O–H groups in total. The first kappa shape index (κ1) is 22.0. The first-order chi connectivity index (χ1) is 17.5. The molecular weight excluding hydrogens is 456 g/mol. The van der Waals surface area contributed by atoms with Crippen LogP contribution >= 0.6 is 0 Å². The third-order valence-electron chi connectivity index (χ3n) is 7.31. The van der Waals surface area contributed by atoms with E-state index in [0.717, 1.165) is 11.1 Å². The molecule has 0 aliphatic carbocycles. The Bertz CT molecular complexity index is 1430. The first-order valence-corrected chi connectivity index (χ1v) is 11.9. The predicted molar refractivity (Wildman–Crippen MR) is 132 cm³/mol. The second-order valence-corrected chi connectivity index (χ2v) is 9.21. The standard InChI is InChI=1S/C28H24N4O4/c1-29-25(34)23-14-17-8-2-3-9-18(17)15-30(23)24(33)16-31-26-19-10-4-5-11-20(19)28(36)32(26)22-13-7-6-12-21(22)27(31)35/h2-13,23,26H,14-16H2,1H3,(H,29,34)/t23-,26+/m0/s1. The molecule has 8 heteroatoms. The number of fused-ring (bicyclic) bond motifs is 6. The molecule has 0 aromatic heterocycles. The lowest BCUT2D eigenvalue weighted by atomic mass is 9.93. The molecule has 3 aliphatic heterocycles. The van der Waals surface area contributed by atoms with Gasteiger partial charge in [0.1, 0.15) is 18.8 Å². The predicted octanol–water partition coefficient (Wildman–Crippen LogP) is 2.50. The minimum absolute atomic E-state index is 0.205. The van der Waals surface area contributed by atoms with Crippen LogP contribution in [0.25, 0.3) is 0 Å². The number of nitrogens with zero attached hydrogens (tertiary/aromatic N) is 3. The van der Waals surface area contributed by atoms with Gasteiger partial charge in [0.15, 0.2) is 0 Å². The smallest absolute Gasteiger partial charge is 0.260 e. The van der Waals surface area contributed by atoms with Crippen molar-refractivity contribution in [1.82, 2.24) is 15.1 Å². The quantitative estimate of drug-likeness (QED) is 0.624. The minimum Gasteiger partial charge on any atom is -0.357 e. The van der Waals surface area contributed by atoms with Crippen LogP contribution in [-0.4, -0.2) is 53.1 Å². The summed E-state index contributed by atoms with van der Waals surface area (Å²) in [5, 5.41) is 2.67. The summed E-state index contributed by atoms with van der Waals surface area (Å²) in [7, 11) is 1.55. The molecule has 2 atom stereocenters. The number of carbonyl (C=O) groups is 4. The Hall–Kier alpha value is -4.46. The number of benzene rings is 3. The maximum atomic E-state index is 13.8. The normalized spacial score (nSPS) is 19.9. The van der Waals surface area contributed by atoms with Crippen LogP contribution in [0.3, 0.4) is 0 Å². The van der Waals surface area contributed by atoms with Crippen LogP contribution in [-0.2, 0) is 22.6 Å². The van der Waals surface area contributed by atoms with Crippen molar-refractivity contribution in [2.75, 3.05) is 18.5 Å². The van der Waals surface area contributed by atoms with Gasteiger partial charge in [-0.25, -0.2) is 0 Å². The number of carbonyl (C=O) groups excluding carboxylic acids is 4. The van der Waals surface area contributed by atoms with Crippen molar-refractivity contribution in [3.05, 3.63) is 101 Å². The van der Waals surface area contributed by atoms with Crippen LogP contribution in [0.5, 0.6) is 0 Å². The van der Waals surface area contributed by atoms with Gasteiger partial charge < -0.3 is 15.1 Å². The number of likely N-dealkylation sites (N-methyl/N-ethyl adjacent to an activating group) is 1. The molecule has 0 saturated heterocycles. The highest BCUT2D eigenvalue weighted by Gasteiger charge is 2.48. The van der Waals surface area contributed by atoms with Gasteiger partial charge in [0.2, 0.25) is 11.8 Å². The topological polar surface area (TPSA) is 90.0 Å². The van der Waals surface area contributed by atoms with Crippen molar-refractivity contribution < 1.29 is 19.2 Å². The number of hydrogen-bond acceptors (Lipinski definition) is 4. The van der Waals surface area contributed by atoms with Crippen molar-refractivity contribution in [3.63, 3.8) is 0 Å². The van der Waals surface area contributed by atoms with E-state index in [0.29, 0.717) is 28.8 Å². The summed E-state index contributed by atoms with van der Waals surface area (Å²) < 4.78 is 0. The van der Waals surface area contributed by atoms with Gasteiger partial charge in [-0.2, -0.15) is 0 Å². The summed E-state index contributed by atoms with van der Waals surface area (Å²) in [6, 6.07) is 21.2. The molecule has 3 aliphatic rings. The highest BCUT2D eigenvalue weighted by molar-refractivity contribution is 6.17. The number of amides is 4. The third kappa shape index (κ3) is 3.21. The van der Waals surface area contributed by atoms with E-state index in [4.69, 9.17) is 0 Å². The monoisotopic (exact) mass is 480 g/mol. The second kappa shape index (κ2) is 8.34. The lowest BCUT2D eigenvalue weighted by Crippen LogP contribution is -2.56. The molecule has 0 radical (unpaired) electrons. The van der Waals surface area contributed by atoms with Gasteiger partial charge >= 0.3 is 0 Å². The Morgan fingerprint density at radius 2 is 1.53 bits per heavy atom. The molecule has 0 bridgehead atoms. The number of anilines is 1. The Balaban J connectivity index is 1.39. The summed E-state index contributed by atoms with van der Waals surface area (Å²) in [4.78, 5) is 58.2. The van der Waals surface area contributed by atoms with E-state index in [1.54, 1.807) is 53.2 Å². The molecule has 36 heavy (non-hydrogen) atoms. The lowest BCUT2D eigenvalue weighted by molar-refractivity contribution is -0.142. The summed E-state index contributed by atoms with van der Waals surface area (Å²) >= 11 is 0. The second-order valence-electron chi connectivity index (χ2n) is 9.21. The van der Waals surface area contributed by atoms with Crippen molar-refractivity contribution >= 4 is 29.3 Å². The Morgan fingerprint density at radius 3 is 2.31 bits per heavy atom. The first-order valence-electron chi connectivity index (χ1n) is 11.9. The Morgan fingerprint density at radius 1 is 0.861 bits per heavy atom. The van der Waals surface area contributed by atoms with Crippen LogP contribution < -0.4 is 10.2 Å². The van der Waals surface area contributed by atoms with Gasteiger partial charge in [-0.3, -0.25) is 24.1 Å². The number of nitrogens with one attached hydrogen (secondary N) is 1. The molecule has 8 nitrogen and oxygen atoms in total. The molecular formula is C28H24N4O4. The van der Waals surface area contributed by atoms with Crippen LogP contribution in [0, 0.1) is 0 Å². The zero-order chi connectivity index (χ0) is 25.0. The summed E-state index contributed by atoms with van der Waals surface area (Å²) in [6.45, 7) is 0.0151. The van der Waals surface area contributed by atoms with Gasteiger partial charge in [0.05, 0.1) is 11.3 Å². The van der Waals surface area contributed by atoms with E-state index >= 15 is 0 Å². The van der Waals surface area contributed by atoms with Gasteiger partial charge in [-0.15, -0.1) is 0 Å². The number of rotatable bonds is 3. The van der Waals surface area contributed by atoms with Crippen LogP contribution in [0.15, 0.2) is 72.8 Å². The third-order valence-corrected chi connectivity index (χ3v) is 7.31. The van der Waals surface area contributed by atoms with E-state index < -0.39 is 12.2 Å². The van der Waals surface area contributed by atoms with E-state index in [-0.39, 0.29) is 36.7 Å². The van der Waals surface area contributed by atoms with Gasteiger partial charge in [0, 0.05) is 31.1 Å². The van der Waals surface area contributed by atoms with Crippen molar-refractivity contribution in [3.8, 4) is 0 Å². The molecule has 3 aromatic carbocycles. The fraction of sp³-hybridized carbons (Fsp3) is 0.214. The molecule has 3 heterocycles. The van der Waals surface area contributed by atoms with Crippen LogP contribution in [0.4, 0.5) is 5.69 Å². The highest BCUT2D eigenvalue weighted by atomic mass is 16.2. The fourth-order valence-electron chi connectivity index (χ4n) is 5.56. The largest absolute Gasteiger partial charge is 0.357 e. The van der Waals surface area contributed by atoms with Crippen LogP contribution in [0.2, 0.25) is 0 Å². The number of para-hydroxylation sites is 1. The fourth-order valence-corrected chi connectivity index (χ4v) is 5.56. The summed E-state index contributed by atoms with van der Waals surface area (Å²) in [5.41, 5.74) is 4.11. The number of hydrogen-bond donors (Lipinski definition) is 1. The average Bonchev–Trinajstić information content (AvgIpc) is 3.22. The molecule has 3 aromatic rings. The van der Waals surface area contributed by atoms with Gasteiger partial charge in [-0.05, 0) is 29.3 Å². The van der Waals surface area contributed by atoms with E-state index in [1.807, 2.05) is 36.4 Å². The SMILES string of the molecule is CNC(=O)[C@@H]1Cc2ccccc2CN1C(=O)CN1C(=O)c2ccccc2N2C(=O)c3ccccc3[C@H]12. The van der Waals surface area contributed by atoms with E-state index in [1.165, 1.54) is 4.90 Å². The molecule has 180 valence electrons. The van der Waals surface area contributed by atoms with Crippen molar-refractivity contribution in [2.45, 2.75) is 25.2 Å². The minimum atomic E-state index is -0.726. The summed E-state index contributed by atoms with van der Waals surface area (Å²) in [6.07, 6.45) is -0.328. The molecule has 0 fully saturated rings. The molecule has 6 rings (SSSR count). The average molecular weight is 481 g/mol. The summed E-state index contributed by atoms with van der Waals surface area (Å²) in [5.74, 6) is -1.12. The Labute approximate surface area is 208 Å². The van der Waals surface area contributed by atoms with E-state index in [2.05, 4.69) is 5.32 Å². The molecule has 4 amide bonds. The Kier molecular flexibility index (Phi) is 5.10. The zero-order valence-electron chi connectivity index (χ0n) is 19.7. The molecule has 0 saturated carbocycles. The van der Waals surface area contributed by atoms with Gasteiger partial charge in [-0.1, -0.05) is 54.6 Å². The van der Waals surface area contributed by atoms with Crippen LogP contribution in [0.1, 0.15) is 43.6 Å². The highest BCUT2D eigenvalue weighted by Crippen LogP contribution is 2.45. The molecule has 0 spiro atoms.